The molecule has 29 heavy (non-hydrogen) atoms. The van der Waals surface area contributed by atoms with E-state index in [0.29, 0.717) is 17.5 Å². The van der Waals surface area contributed by atoms with Crippen LogP contribution < -0.4 is 4.90 Å². The highest BCUT2D eigenvalue weighted by molar-refractivity contribution is 7.91. The molecule has 154 valence electrons. The molecular formula is C22H25ClN2O3S. The van der Waals surface area contributed by atoms with Crippen LogP contribution in [-0.4, -0.2) is 49.4 Å². The summed E-state index contributed by atoms with van der Waals surface area (Å²) in [6.07, 6.45) is 0. The van der Waals surface area contributed by atoms with Crippen molar-refractivity contribution in [3.8, 4) is 0 Å². The molecule has 1 amide bonds. The van der Waals surface area contributed by atoms with Gasteiger partial charge in [0.1, 0.15) is 0 Å². The summed E-state index contributed by atoms with van der Waals surface area (Å²) in [5, 5.41) is 0.629. The minimum absolute atomic E-state index is 0.00559. The Morgan fingerprint density at radius 1 is 1.03 bits per heavy atom. The van der Waals surface area contributed by atoms with Gasteiger partial charge in [0.2, 0.25) is 5.91 Å². The number of carbonyl (C=O) groups is 1. The number of rotatable bonds is 4. The smallest absolute Gasteiger partial charge is 0.241 e. The largest absolute Gasteiger partial charge is 0.306 e. The highest BCUT2D eigenvalue weighted by atomic mass is 35.5. The predicted octanol–water partition coefficient (Wildman–Crippen LogP) is 3.48. The number of fused-ring (bicyclic) bond motifs is 1. The monoisotopic (exact) mass is 432 g/mol. The third-order valence-corrected chi connectivity index (χ3v) is 7.94. The number of nitrogens with zero attached hydrogens (tertiary/aromatic N) is 2. The molecule has 0 radical (unpaired) electrons. The van der Waals surface area contributed by atoms with Crippen LogP contribution in [0.25, 0.3) is 0 Å². The Hall–Kier alpha value is -1.89. The van der Waals surface area contributed by atoms with Crippen molar-refractivity contribution in [2.75, 3.05) is 23.0 Å². The van der Waals surface area contributed by atoms with Crippen LogP contribution in [0, 0.1) is 0 Å². The summed E-state index contributed by atoms with van der Waals surface area (Å²) in [5.74, 6) is 0.379. The number of hydrogen-bond donors (Lipinski definition) is 0. The Kier molecular flexibility index (Phi) is 5.44. The lowest BCUT2D eigenvalue weighted by molar-refractivity contribution is -0.123. The molecule has 2 heterocycles. The van der Waals surface area contributed by atoms with Gasteiger partial charge in [0.05, 0.1) is 24.1 Å². The topological polar surface area (TPSA) is 57.7 Å². The Balaban J connectivity index is 1.65. The van der Waals surface area contributed by atoms with Gasteiger partial charge < -0.3 is 4.90 Å². The van der Waals surface area contributed by atoms with Gasteiger partial charge >= 0.3 is 0 Å². The van der Waals surface area contributed by atoms with Crippen molar-refractivity contribution in [2.24, 2.45) is 0 Å². The van der Waals surface area contributed by atoms with E-state index in [1.54, 1.807) is 4.90 Å². The van der Waals surface area contributed by atoms with Crippen molar-refractivity contribution in [2.45, 2.75) is 38.4 Å². The van der Waals surface area contributed by atoms with Crippen LogP contribution in [-0.2, 0) is 21.2 Å². The molecule has 2 atom stereocenters. The molecule has 0 unspecified atom stereocenters. The average molecular weight is 433 g/mol. The van der Waals surface area contributed by atoms with E-state index >= 15 is 0 Å². The van der Waals surface area contributed by atoms with Crippen LogP contribution in [0.2, 0.25) is 5.02 Å². The molecule has 0 aliphatic carbocycles. The van der Waals surface area contributed by atoms with Crippen LogP contribution in [0.1, 0.15) is 30.9 Å². The molecule has 0 bridgehead atoms. The highest BCUT2D eigenvalue weighted by Crippen LogP contribution is 2.33. The van der Waals surface area contributed by atoms with Crippen molar-refractivity contribution in [3.05, 3.63) is 64.7 Å². The standard InChI is InChI=1S/C22H25ClN2O3S/c1-15(2)16-7-9-18(10-8-16)25-21-14-29(27,28)13-20(21)24(12-22(25)26)11-17-5-3-4-6-19(17)23/h3-10,15,20-21H,11-14H2,1-2H3/t20-,21-/m0/s1. The Labute approximate surface area is 177 Å². The first-order valence-corrected chi connectivity index (χ1v) is 12.0. The maximum Gasteiger partial charge on any atom is 0.241 e. The van der Waals surface area contributed by atoms with Gasteiger partial charge in [-0.3, -0.25) is 9.69 Å². The number of anilines is 1. The lowest BCUT2D eigenvalue weighted by atomic mass is 10.00. The number of benzene rings is 2. The fourth-order valence-electron chi connectivity index (χ4n) is 4.33. The molecule has 2 aliphatic heterocycles. The Bertz CT molecular complexity index is 1020. The molecule has 5 nitrogen and oxygen atoms in total. The van der Waals surface area contributed by atoms with Crippen molar-refractivity contribution in [1.82, 2.24) is 4.90 Å². The second-order valence-corrected chi connectivity index (χ2v) is 10.8. The average Bonchev–Trinajstić information content (AvgIpc) is 2.99. The second-order valence-electron chi connectivity index (χ2n) is 8.22. The van der Waals surface area contributed by atoms with E-state index in [-0.39, 0.29) is 36.0 Å². The molecule has 0 spiro atoms. The quantitative estimate of drug-likeness (QED) is 0.742. The normalized spacial score (nSPS) is 24.1. The van der Waals surface area contributed by atoms with Gasteiger partial charge in [-0.15, -0.1) is 0 Å². The van der Waals surface area contributed by atoms with Crippen LogP contribution >= 0.6 is 11.6 Å². The molecule has 2 saturated heterocycles. The zero-order valence-corrected chi connectivity index (χ0v) is 18.2. The van der Waals surface area contributed by atoms with Gasteiger partial charge in [-0.1, -0.05) is 55.8 Å². The van der Waals surface area contributed by atoms with Crippen LogP contribution in [0.4, 0.5) is 5.69 Å². The number of carbonyl (C=O) groups excluding carboxylic acids is 1. The van der Waals surface area contributed by atoms with Crippen LogP contribution in [0.3, 0.4) is 0 Å². The Morgan fingerprint density at radius 2 is 1.69 bits per heavy atom. The van der Waals surface area contributed by atoms with E-state index in [9.17, 15) is 13.2 Å². The SMILES string of the molecule is CC(C)c1ccc(N2C(=O)CN(Cc3ccccc3Cl)[C@H]3CS(=O)(=O)C[C@@H]32)cc1. The summed E-state index contributed by atoms with van der Waals surface area (Å²) in [7, 11) is -3.22. The molecule has 7 heteroatoms. The maximum atomic E-state index is 13.1. The molecule has 2 aromatic rings. The number of hydrogen-bond acceptors (Lipinski definition) is 4. The molecule has 4 rings (SSSR count). The summed E-state index contributed by atoms with van der Waals surface area (Å²) < 4.78 is 25.0. The number of halogens is 1. The zero-order valence-electron chi connectivity index (χ0n) is 16.6. The van der Waals surface area contributed by atoms with E-state index in [1.165, 1.54) is 5.56 Å². The first-order chi connectivity index (χ1) is 13.7. The maximum absolute atomic E-state index is 13.1. The lowest BCUT2D eigenvalue weighted by Crippen LogP contribution is -2.61. The van der Waals surface area contributed by atoms with E-state index in [1.807, 2.05) is 53.4 Å². The first kappa shape index (κ1) is 20.4. The predicted molar refractivity (Wildman–Crippen MR) is 116 cm³/mol. The van der Waals surface area contributed by atoms with E-state index < -0.39 is 9.84 Å². The third-order valence-electron chi connectivity index (χ3n) is 5.87. The minimum atomic E-state index is -3.22. The van der Waals surface area contributed by atoms with Crippen molar-refractivity contribution in [3.63, 3.8) is 0 Å². The summed E-state index contributed by atoms with van der Waals surface area (Å²) in [5.41, 5.74) is 2.86. The molecule has 0 aromatic heterocycles. The first-order valence-electron chi connectivity index (χ1n) is 9.85. The van der Waals surface area contributed by atoms with E-state index in [0.717, 1.165) is 11.3 Å². The number of sulfone groups is 1. The van der Waals surface area contributed by atoms with Gasteiger partial charge in [-0.25, -0.2) is 8.42 Å². The molecule has 2 aromatic carbocycles. The number of piperazine rings is 1. The summed E-state index contributed by atoms with van der Waals surface area (Å²) in [4.78, 5) is 16.8. The molecule has 0 N–H and O–H groups in total. The summed E-state index contributed by atoms with van der Waals surface area (Å²) in [6, 6.07) is 14.8. The zero-order chi connectivity index (χ0) is 20.8. The van der Waals surface area contributed by atoms with Crippen molar-refractivity contribution in [1.29, 1.82) is 0 Å². The van der Waals surface area contributed by atoms with E-state index in [2.05, 4.69) is 13.8 Å². The summed E-state index contributed by atoms with van der Waals surface area (Å²) in [6.45, 7) is 4.87. The fourth-order valence-corrected chi connectivity index (χ4v) is 6.51. The summed E-state index contributed by atoms with van der Waals surface area (Å²) >= 11 is 6.30. The lowest BCUT2D eigenvalue weighted by Gasteiger charge is -2.43. The highest BCUT2D eigenvalue weighted by Gasteiger charge is 2.49. The van der Waals surface area contributed by atoms with Crippen LogP contribution in [0.5, 0.6) is 0 Å². The molecule has 2 fully saturated rings. The van der Waals surface area contributed by atoms with Gasteiger partial charge in [0.15, 0.2) is 9.84 Å². The van der Waals surface area contributed by atoms with Crippen molar-refractivity contribution >= 4 is 33.0 Å². The Morgan fingerprint density at radius 3 is 2.34 bits per heavy atom. The van der Waals surface area contributed by atoms with Crippen molar-refractivity contribution < 1.29 is 13.2 Å². The van der Waals surface area contributed by atoms with Gasteiger partial charge in [-0.2, -0.15) is 0 Å². The van der Waals surface area contributed by atoms with Gasteiger partial charge in [-0.05, 0) is 35.2 Å². The fraction of sp³-hybridized carbons (Fsp3) is 0.409. The van der Waals surface area contributed by atoms with E-state index in [4.69, 9.17) is 11.6 Å². The molecule has 0 saturated carbocycles. The third kappa shape index (κ3) is 4.06. The second kappa shape index (κ2) is 7.74. The minimum Gasteiger partial charge on any atom is -0.306 e. The number of amides is 1. The molecule has 2 aliphatic rings. The van der Waals surface area contributed by atoms with Crippen LogP contribution in [0.15, 0.2) is 48.5 Å². The van der Waals surface area contributed by atoms with Gasteiger partial charge in [0.25, 0.3) is 0 Å². The molecular weight excluding hydrogens is 408 g/mol. The van der Waals surface area contributed by atoms with Gasteiger partial charge in [0, 0.05) is 23.3 Å².